The zero-order chi connectivity index (χ0) is 13.1. The Morgan fingerprint density at radius 2 is 1.12 bits per heavy atom. The van der Waals surface area contributed by atoms with Gasteiger partial charge in [0.1, 0.15) is 18.0 Å². The second-order valence-corrected chi connectivity index (χ2v) is 7.80. The summed E-state index contributed by atoms with van der Waals surface area (Å²) in [4.78, 5) is 11.3. The number of hydrogen-bond donors (Lipinski definition) is 2. The molecule has 0 fully saturated rings. The molecule has 0 aliphatic carbocycles. The average Bonchev–Trinajstić information content (AvgIpc) is 1.99. The van der Waals surface area contributed by atoms with Crippen LogP contribution >= 0.6 is 69.6 Å². The van der Waals surface area contributed by atoms with Crippen molar-refractivity contribution in [3.8, 4) is 0 Å². The fourth-order valence-corrected chi connectivity index (χ4v) is 1.21. The molecular weight excluding hydrogens is 345 g/mol. The van der Waals surface area contributed by atoms with E-state index in [1.54, 1.807) is 0 Å². The number of halogens is 6. The number of aliphatic hydroxyl groups is 2. The van der Waals surface area contributed by atoms with Crippen LogP contribution in [0.5, 0.6) is 0 Å². The van der Waals surface area contributed by atoms with E-state index < -0.39 is 38.4 Å². The molecule has 0 unspecified atom stereocenters. The summed E-state index contributed by atoms with van der Waals surface area (Å²) >= 11 is 32.1. The molecule has 9 heteroatoms. The highest BCUT2D eigenvalue weighted by Crippen LogP contribution is 2.34. The van der Waals surface area contributed by atoms with Crippen molar-refractivity contribution in [3.63, 3.8) is 0 Å². The second kappa shape index (κ2) is 6.48. The van der Waals surface area contributed by atoms with Gasteiger partial charge in [-0.25, -0.2) is 0 Å². The molecule has 2 atom stereocenters. The Bertz CT molecular complexity index is 221. The van der Waals surface area contributed by atoms with Gasteiger partial charge in [-0.2, -0.15) is 0 Å². The predicted molar refractivity (Wildman–Crippen MR) is 66.8 cm³/mol. The molecule has 0 spiro atoms. The molecule has 0 bridgehead atoms. The molecule has 16 heavy (non-hydrogen) atoms. The molecule has 2 N–H and O–H groups in total. The average molecular weight is 353 g/mol. The Labute approximate surface area is 122 Å². The highest BCUT2D eigenvalue weighted by Gasteiger charge is 2.36. The topological polar surface area (TPSA) is 57.5 Å². The van der Waals surface area contributed by atoms with Crippen molar-refractivity contribution < 1.29 is 15.0 Å². The SMILES string of the molecule is O=C(C[C@@H](O)C(Cl)(Cl)Cl)C[C@H](O)C(Cl)(Cl)Cl. The van der Waals surface area contributed by atoms with E-state index in [-0.39, 0.29) is 0 Å². The number of carbonyl (C=O) groups excluding carboxylic acids is 1. The summed E-state index contributed by atoms with van der Waals surface area (Å²) < 4.78 is -3.94. The van der Waals surface area contributed by atoms with Crippen molar-refractivity contribution in [3.05, 3.63) is 0 Å². The normalized spacial score (nSPS) is 17.0. The zero-order valence-corrected chi connectivity index (χ0v) is 12.2. The van der Waals surface area contributed by atoms with E-state index in [9.17, 15) is 15.0 Å². The molecule has 0 heterocycles. The van der Waals surface area contributed by atoms with Crippen LogP contribution in [0.3, 0.4) is 0 Å². The summed E-state index contributed by atoms with van der Waals surface area (Å²) in [6.07, 6.45) is -3.86. The van der Waals surface area contributed by atoms with Crippen molar-refractivity contribution >= 4 is 75.4 Å². The second-order valence-electron chi connectivity index (χ2n) is 3.06. The molecule has 0 radical (unpaired) electrons. The highest BCUT2D eigenvalue weighted by molar-refractivity contribution is 6.68. The van der Waals surface area contributed by atoms with Crippen LogP contribution in [0.2, 0.25) is 0 Å². The lowest BCUT2D eigenvalue weighted by atomic mass is 10.1. The van der Waals surface area contributed by atoms with Crippen LogP contribution in [0.4, 0.5) is 0 Å². The molecule has 0 saturated carbocycles. The molecule has 0 aromatic carbocycles. The molecule has 3 nitrogen and oxygen atoms in total. The van der Waals surface area contributed by atoms with E-state index in [1.807, 2.05) is 0 Å². The number of rotatable bonds is 4. The lowest BCUT2D eigenvalue weighted by Crippen LogP contribution is -2.32. The third-order valence-corrected chi connectivity index (χ3v) is 3.11. The van der Waals surface area contributed by atoms with E-state index in [2.05, 4.69) is 0 Å². The number of Topliss-reactive ketones (excluding diaryl/α,β-unsaturated/α-hetero) is 1. The maximum Gasteiger partial charge on any atom is 0.216 e. The summed E-state index contributed by atoms with van der Waals surface area (Å²) in [5.74, 6) is -0.586. The molecule has 96 valence electrons. The first kappa shape index (κ1) is 17.3. The van der Waals surface area contributed by atoms with Gasteiger partial charge in [0.2, 0.25) is 7.59 Å². The fraction of sp³-hybridized carbons (Fsp3) is 0.857. The summed E-state index contributed by atoms with van der Waals surface area (Å²) in [7, 11) is 0. The van der Waals surface area contributed by atoms with Crippen LogP contribution in [0.1, 0.15) is 12.8 Å². The minimum atomic E-state index is -1.97. The van der Waals surface area contributed by atoms with Crippen molar-refractivity contribution in [2.75, 3.05) is 0 Å². The Balaban J connectivity index is 4.21. The van der Waals surface area contributed by atoms with E-state index in [1.165, 1.54) is 0 Å². The van der Waals surface area contributed by atoms with Crippen molar-refractivity contribution in [2.45, 2.75) is 32.6 Å². The largest absolute Gasteiger partial charge is 0.388 e. The van der Waals surface area contributed by atoms with Gasteiger partial charge in [-0.05, 0) is 0 Å². The number of carbonyl (C=O) groups is 1. The summed E-state index contributed by atoms with van der Waals surface area (Å²) in [5.41, 5.74) is 0. The van der Waals surface area contributed by atoms with Crippen molar-refractivity contribution in [2.24, 2.45) is 0 Å². The standard InChI is InChI=1S/C7H8Cl6O3/c8-6(9,10)4(15)1-3(14)2-5(16)7(11,12)13/h4-5,15-16H,1-2H2/t4-,5+. The van der Waals surface area contributed by atoms with E-state index in [4.69, 9.17) is 69.6 Å². The van der Waals surface area contributed by atoms with Gasteiger partial charge in [-0.3, -0.25) is 4.79 Å². The van der Waals surface area contributed by atoms with Crippen LogP contribution in [0.25, 0.3) is 0 Å². The first-order valence-corrected chi connectivity index (χ1v) is 6.22. The smallest absolute Gasteiger partial charge is 0.216 e. The van der Waals surface area contributed by atoms with Crippen LogP contribution in [-0.4, -0.2) is 35.8 Å². The van der Waals surface area contributed by atoms with E-state index in [0.29, 0.717) is 0 Å². The maximum absolute atomic E-state index is 11.3. The first-order chi connectivity index (χ1) is 6.94. The summed E-state index contributed by atoms with van der Waals surface area (Å²) in [5, 5.41) is 18.5. The summed E-state index contributed by atoms with van der Waals surface area (Å²) in [6.45, 7) is 0. The van der Waals surface area contributed by atoms with Gasteiger partial charge in [-0.15, -0.1) is 0 Å². The van der Waals surface area contributed by atoms with Crippen molar-refractivity contribution in [1.29, 1.82) is 0 Å². The third kappa shape index (κ3) is 6.92. The number of aliphatic hydroxyl groups excluding tert-OH is 2. The lowest BCUT2D eigenvalue weighted by molar-refractivity contribution is -0.122. The zero-order valence-electron chi connectivity index (χ0n) is 7.64. The minimum absolute atomic E-state index is 0.450. The fourth-order valence-electron chi connectivity index (χ4n) is 0.746. The summed E-state index contributed by atoms with van der Waals surface area (Å²) in [6, 6.07) is 0. The molecule has 0 aliphatic rings. The Morgan fingerprint density at radius 1 is 0.875 bits per heavy atom. The van der Waals surface area contributed by atoms with Gasteiger partial charge < -0.3 is 10.2 Å². The monoisotopic (exact) mass is 350 g/mol. The van der Waals surface area contributed by atoms with Gasteiger partial charge in [0.05, 0.1) is 0 Å². The molecule has 0 rings (SSSR count). The maximum atomic E-state index is 11.3. The van der Waals surface area contributed by atoms with Gasteiger partial charge in [0.15, 0.2) is 0 Å². The van der Waals surface area contributed by atoms with Crippen LogP contribution in [-0.2, 0) is 4.79 Å². The Kier molecular flexibility index (Phi) is 7.02. The van der Waals surface area contributed by atoms with E-state index in [0.717, 1.165) is 0 Å². The molecule has 0 aliphatic heterocycles. The van der Waals surface area contributed by atoms with Gasteiger partial charge in [0.25, 0.3) is 0 Å². The van der Waals surface area contributed by atoms with Crippen LogP contribution in [0.15, 0.2) is 0 Å². The third-order valence-electron chi connectivity index (χ3n) is 1.60. The molecule has 0 saturated heterocycles. The van der Waals surface area contributed by atoms with Gasteiger partial charge >= 0.3 is 0 Å². The van der Waals surface area contributed by atoms with Crippen LogP contribution < -0.4 is 0 Å². The molecule has 0 aromatic rings. The quantitative estimate of drug-likeness (QED) is 0.765. The number of alkyl halides is 6. The van der Waals surface area contributed by atoms with Crippen molar-refractivity contribution in [1.82, 2.24) is 0 Å². The number of ketones is 1. The Morgan fingerprint density at radius 3 is 1.31 bits per heavy atom. The Hall–Kier alpha value is 1.33. The minimum Gasteiger partial charge on any atom is -0.388 e. The van der Waals surface area contributed by atoms with Gasteiger partial charge in [0, 0.05) is 12.8 Å². The highest BCUT2D eigenvalue weighted by atomic mass is 35.6. The molecular formula is C7H8Cl6O3. The lowest BCUT2D eigenvalue weighted by Gasteiger charge is -2.21. The number of hydrogen-bond acceptors (Lipinski definition) is 3. The van der Waals surface area contributed by atoms with E-state index >= 15 is 0 Å². The van der Waals surface area contributed by atoms with Gasteiger partial charge in [-0.1, -0.05) is 69.6 Å². The molecule has 0 aromatic heterocycles. The van der Waals surface area contributed by atoms with Crippen LogP contribution in [0, 0.1) is 0 Å². The first-order valence-electron chi connectivity index (χ1n) is 3.96. The predicted octanol–water partition coefficient (Wildman–Crippen LogP) is 2.80. The molecule has 0 amide bonds.